The van der Waals surface area contributed by atoms with Crippen LogP contribution in [0.1, 0.15) is 10.4 Å². The van der Waals surface area contributed by atoms with Crippen molar-refractivity contribution in [1.82, 2.24) is 25.7 Å². The van der Waals surface area contributed by atoms with Gasteiger partial charge in [0.05, 0.1) is 24.6 Å². The second-order valence-corrected chi connectivity index (χ2v) is 5.37. The highest BCUT2D eigenvalue weighted by atomic mass is 16.5. The number of hydrogen-bond acceptors (Lipinski definition) is 4. The van der Waals surface area contributed by atoms with Gasteiger partial charge in [0.2, 0.25) is 0 Å². The zero-order valence-electron chi connectivity index (χ0n) is 13.3. The summed E-state index contributed by atoms with van der Waals surface area (Å²) in [7, 11) is 1.59. The van der Waals surface area contributed by atoms with E-state index in [0.717, 1.165) is 5.56 Å². The number of H-pyrrole nitrogens is 1. The highest BCUT2D eigenvalue weighted by Gasteiger charge is 2.20. The average molecular weight is 329 g/mol. The van der Waals surface area contributed by atoms with Gasteiger partial charge in [-0.2, -0.15) is 5.10 Å². The Bertz CT molecular complexity index is 743. The molecule has 1 saturated heterocycles. The van der Waals surface area contributed by atoms with Crippen LogP contribution in [0.4, 0.5) is 4.79 Å². The van der Waals surface area contributed by atoms with Crippen LogP contribution in [0.25, 0.3) is 11.3 Å². The van der Waals surface area contributed by atoms with E-state index in [1.807, 2.05) is 24.3 Å². The van der Waals surface area contributed by atoms with E-state index in [-0.39, 0.29) is 11.9 Å². The molecular weight excluding hydrogens is 310 g/mol. The summed E-state index contributed by atoms with van der Waals surface area (Å²) in [6.07, 6.45) is 1.49. The summed E-state index contributed by atoms with van der Waals surface area (Å²) in [6, 6.07) is 7.30. The second-order valence-electron chi connectivity index (χ2n) is 5.37. The Labute approximate surface area is 139 Å². The number of urea groups is 1. The Kier molecular flexibility index (Phi) is 4.64. The van der Waals surface area contributed by atoms with Gasteiger partial charge in [-0.25, -0.2) is 4.79 Å². The van der Waals surface area contributed by atoms with Crippen LogP contribution in [-0.2, 0) is 0 Å². The molecule has 0 aliphatic carbocycles. The smallest absolute Gasteiger partial charge is 0.317 e. The van der Waals surface area contributed by atoms with Crippen molar-refractivity contribution in [2.24, 2.45) is 0 Å². The van der Waals surface area contributed by atoms with Crippen LogP contribution in [0.5, 0.6) is 5.75 Å². The van der Waals surface area contributed by atoms with Gasteiger partial charge in [-0.1, -0.05) is 12.1 Å². The van der Waals surface area contributed by atoms with E-state index < -0.39 is 0 Å². The monoisotopic (exact) mass is 329 g/mol. The number of benzene rings is 1. The van der Waals surface area contributed by atoms with Gasteiger partial charge in [-0.15, -0.1) is 0 Å². The van der Waals surface area contributed by atoms with Gasteiger partial charge >= 0.3 is 6.03 Å². The van der Waals surface area contributed by atoms with Crippen molar-refractivity contribution in [2.45, 2.75) is 0 Å². The number of carbonyl (C=O) groups excluding carboxylic acids is 2. The number of amides is 3. The van der Waals surface area contributed by atoms with Gasteiger partial charge in [0.15, 0.2) is 0 Å². The molecule has 1 fully saturated rings. The molecule has 0 spiro atoms. The summed E-state index contributed by atoms with van der Waals surface area (Å²) in [5.41, 5.74) is 1.90. The third-order valence-corrected chi connectivity index (χ3v) is 3.85. The summed E-state index contributed by atoms with van der Waals surface area (Å²) in [4.78, 5) is 25.5. The molecule has 8 heteroatoms. The minimum absolute atomic E-state index is 0.0929. The molecule has 24 heavy (non-hydrogen) atoms. The third-order valence-electron chi connectivity index (χ3n) is 3.85. The van der Waals surface area contributed by atoms with Crippen molar-refractivity contribution in [3.05, 3.63) is 36.0 Å². The van der Waals surface area contributed by atoms with E-state index in [4.69, 9.17) is 4.74 Å². The van der Waals surface area contributed by atoms with Gasteiger partial charge < -0.3 is 20.3 Å². The number of aromatic nitrogens is 2. The average Bonchev–Trinajstić information content (AvgIpc) is 3.24. The first-order valence-electron chi connectivity index (χ1n) is 7.68. The number of rotatable bonds is 6. The Morgan fingerprint density at radius 2 is 2.33 bits per heavy atom. The maximum absolute atomic E-state index is 12.4. The predicted molar refractivity (Wildman–Crippen MR) is 87.9 cm³/mol. The Morgan fingerprint density at radius 1 is 1.46 bits per heavy atom. The Morgan fingerprint density at radius 3 is 3.08 bits per heavy atom. The quantitative estimate of drug-likeness (QED) is 0.731. The van der Waals surface area contributed by atoms with Crippen LogP contribution < -0.4 is 15.4 Å². The lowest BCUT2D eigenvalue weighted by Gasteiger charge is -2.14. The molecule has 0 radical (unpaired) electrons. The Balaban J connectivity index is 1.65. The molecule has 1 aliphatic rings. The zero-order chi connectivity index (χ0) is 16.9. The maximum atomic E-state index is 12.4. The lowest BCUT2D eigenvalue weighted by molar-refractivity contribution is 0.0951. The van der Waals surface area contributed by atoms with E-state index >= 15 is 0 Å². The molecule has 3 amide bonds. The van der Waals surface area contributed by atoms with Gasteiger partial charge in [0.25, 0.3) is 5.91 Å². The molecule has 1 aromatic heterocycles. The third kappa shape index (κ3) is 3.32. The molecule has 1 aromatic carbocycles. The van der Waals surface area contributed by atoms with Gasteiger partial charge in [-0.05, 0) is 12.1 Å². The first kappa shape index (κ1) is 15.9. The fraction of sp³-hybridized carbons (Fsp3) is 0.312. The molecular formula is C16H19N5O3. The molecule has 0 saturated carbocycles. The summed E-state index contributed by atoms with van der Waals surface area (Å²) in [5.74, 6) is 0.467. The van der Waals surface area contributed by atoms with Crippen molar-refractivity contribution < 1.29 is 14.3 Å². The highest BCUT2D eigenvalue weighted by molar-refractivity contribution is 5.99. The number of aromatic amines is 1. The van der Waals surface area contributed by atoms with Crippen LogP contribution >= 0.6 is 0 Å². The predicted octanol–water partition coefficient (Wildman–Crippen LogP) is 0.840. The fourth-order valence-corrected chi connectivity index (χ4v) is 2.58. The molecule has 8 nitrogen and oxygen atoms in total. The zero-order valence-corrected chi connectivity index (χ0v) is 13.3. The minimum atomic E-state index is -0.235. The molecule has 0 bridgehead atoms. The summed E-state index contributed by atoms with van der Waals surface area (Å²) in [6.45, 7) is 2.17. The standard InChI is InChI=1S/C16H19N5O3/c1-24-12-4-2-3-11(9-12)14-13(10-19-20-14)15(22)17-5-7-21-8-6-18-16(21)23/h2-4,9-10H,5-8H2,1H3,(H,17,22)(H,18,23)(H,19,20). The largest absolute Gasteiger partial charge is 0.497 e. The van der Waals surface area contributed by atoms with Gasteiger partial charge in [0, 0.05) is 31.7 Å². The number of carbonyl (C=O) groups is 2. The van der Waals surface area contributed by atoms with E-state index in [1.165, 1.54) is 6.20 Å². The van der Waals surface area contributed by atoms with Crippen molar-refractivity contribution in [3.8, 4) is 17.0 Å². The molecule has 0 unspecified atom stereocenters. The van der Waals surface area contributed by atoms with Crippen molar-refractivity contribution >= 4 is 11.9 Å². The molecule has 3 N–H and O–H groups in total. The Hall–Kier alpha value is -3.03. The molecule has 3 rings (SSSR count). The lowest BCUT2D eigenvalue weighted by Crippen LogP contribution is -2.36. The number of nitrogens with zero attached hydrogens (tertiary/aromatic N) is 2. The lowest BCUT2D eigenvalue weighted by atomic mass is 10.1. The van der Waals surface area contributed by atoms with E-state index in [1.54, 1.807) is 12.0 Å². The first-order chi connectivity index (χ1) is 11.7. The van der Waals surface area contributed by atoms with Gasteiger partial charge in [0.1, 0.15) is 5.75 Å². The summed E-state index contributed by atoms with van der Waals surface area (Å²) >= 11 is 0. The van der Waals surface area contributed by atoms with Crippen LogP contribution in [-0.4, -0.2) is 60.3 Å². The van der Waals surface area contributed by atoms with E-state index in [0.29, 0.717) is 43.2 Å². The molecule has 1 aliphatic heterocycles. The number of nitrogens with one attached hydrogen (secondary N) is 3. The van der Waals surface area contributed by atoms with E-state index in [9.17, 15) is 9.59 Å². The first-order valence-corrected chi connectivity index (χ1v) is 7.68. The topological polar surface area (TPSA) is 99.3 Å². The second kappa shape index (κ2) is 7.03. The van der Waals surface area contributed by atoms with Crippen LogP contribution in [0.15, 0.2) is 30.5 Å². The summed E-state index contributed by atoms with van der Waals surface area (Å²) in [5, 5.41) is 12.4. The van der Waals surface area contributed by atoms with Crippen molar-refractivity contribution in [3.63, 3.8) is 0 Å². The summed E-state index contributed by atoms with van der Waals surface area (Å²) < 4.78 is 5.21. The van der Waals surface area contributed by atoms with E-state index in [2.05, 4.69) is 20.8 Å². The highest BCUT2D eigenvalue weighted by Crippen LogP contribution is 2.24. The molecule has 2 aromatic rings. The number of methoxy groups -OCH3 is 1. The van der Waals surface area contributed by atoms with Gasteiger partial charge in [-0.3, -0.25) is 9.89 Å². The maximum Gasteiger partial charge on any atom is 0.317 e. The number of hydrogen-bond donors (Lipinski definition) is 3. The molecule has 126 valence electrons. The van der Waals surface area contributed by atoms with Crippen molar-refractivity contribution in [2.75, 3.05) is 33.3 Å². The number of ether oxygens (including phenoxy) is 1. The van der Waals surface area contributed by atoms with Crippen LogP contribution in [0.2, 0.25) is 0 Å². The molecule has 0 atom stereocenters. The normalized spacial score (nSPS) is 13.7. The van der Waals surface area contributed by atoms with Crippen molar-refractivity contribution in [1.29, 1.82) is 0 Å². The fourth-order valence-electron chi connectivity index (χ4n) is 2.58. The SMILES string of the molecule is COc1cccc(-c2[nH]ncc2C(=O)NCCN2CCNC2=O)c1. The van der Waals surface area contributed by atoms with Crippen LogP contribution in [0.3, 0.4) is 0 Å². The minimum Gasteiger partial charge on any atom is -0.497 e. The molecule has 2 heterocycles. The van der Waals surface area contributed by atoms with Crippen LogP contribution in [0, 0.1) is 0 Å².